The minimum absolute atomic E-state index is 0.217. The zero-order valence-electron chi connectivity index (χ0n) is 33.3. The lowest BCUT2D eigenvalue weighted by Gasteiger charge is -2.13. The fraction of sp³-hybridized carbons (Fsp3) is 0.364. The Morgan fingerprint density at radius 1 is 0.448 bits per heavy atom. The summed E-state index contributed by atoms with van der Waals surface area (Å²) < 4.78 is 22.3. The van der Waals surface area contributed by atoms with Crippen molar-refractivity contribution in [2.24, 2.45) is 0 Å². The minimum Gasteiger partial charge on any atom is -0.381 e. The first kappa shape index (κ1) is 44.9. The van der Waals surface area contributed by atoms with Crippen molar-refractivity contribution in [3.63, 3.8) is 0 Å². The number of pyridine rings is 2. The Hall–Kier alpha value is -5.80. The van der Waals surface area contributed by atoms with E-state index >= 15 is 0 Å². The minimum atomic E-state index is -0.236. The number of carbonyl (C=O) groups is 2. The summed E-state index contributed by atoms with van der Waals surface area (Å²) in [6.07, 6.45) is 5.25. The van der Waals surface area contributed by atoms with Gasteiger partial charge in [-0.1, -0.05) is 86.0 Å². The summed E-state index contributed by atoms with van der Waals surface area (Å²) in [4.78, 5) is 33.1. The van der Waals surface area contributed by atoms with Gasteiger partial charge in [-0.05, 0) is 36.1 Å². The largest absolute Gasteiger partial charge is 0.381 e. The number of carbonyl (C=O) groups excluding carboxylic acids is 2. The second-order valence-electron chi connectivity index (χ2n) is 12.9. The van der Waals surface area contributed by atoms with Crippen LogP contribution in [0.3, 0.4) is 0 Å². The van der Waals surface area contributed by atoms with Crippen LogP contribution in [0.2, 0.25) is 0 Å². The van der Waals surface area contributed by atoms with Crippen molar-refractivity contribution in [1.29, 1.82) is 0 Å². The predicted octanol–water partition coefficient (Wildman–Crippen LogP) is 4.60. The van der Waals surface area contributed by atoms with Gasteiger partial charge in [-0.2, -0.15) is 0 Å². The number of urea groups is 1. The maximum absolute atomic E-state index is 12.3. The van der Waals surface area contributed by atoms with Crippen molar-refractivity contribution in [2.45, 2.75) is 12.8 Å². The maximum atomic E-state index is 12.3. The first-order valence-electron chi connectivity index (χ1n) is 19.7. The SMILES string of the molecule is C=C(NCCCCNC(=O)NCCOCCOCCNC(=C)c1ccc(-c2ccccc2)cn1)NCCOCCOCCNC(=O)c1ccc(-c2ccccc2)cn1. The van der Waals surface area contributed by atoms with E-state index in [1.807, 2.05) is 72.9 Å². The van der Waals surface area contributed by atoms with Gasteiger partial charge in [-0.3, -0.25) is 14.8 Å². The molecule has 0 aliphatic heterocycles. The molecule has 4 rings (SSSR count). The molecule has 2 aromatic heterocycles. The molecule has 2 aromatic carbocycles. The van der Waals surface area contributed by atoms with Crippen molar-refractivity contribution in [1.82, 2.24) is 41.9 Å². The van der Waals surface area contributed by atoms with Crippen LogP contribution >= 0.6 is 0 Å². The molecule has 0 fully saturated rings. The van der Waals surface area contributed by atoms with Crippen LogP contribution in [0.15, 0.2) is 116 Å². The molecule has 2 heterocycles. The monoisotopic (exact) mass is 794 g/mol. The Morgan fingerprint density at radius 2 is 0.879 bits per heavy atom. The molecule has 14 nitrogen and oxygen atoms in total. The Morgan fingerprint density at radius 3 is 1.40 bits per heavy atom. The van der Waals surface area contributed by atoms with Gasteiger partial charge in [0.2, 0.25) is 0 Å². The van der Waals surface area contributed by atoms with Gasteiger partial charge < -0.3 is 50.8 Å². The molecule has 4 aromatic rings. The second-order valence-corrected chi connectivity index (χ2v) is 12.9. The average Bonchev–Trinajstić information content (AvgIpc) is 3.26. The summed E-state index contributed by atoms with van der Waals surface area (Å²) in [6, 6.07) is 27.4. The number of rotatable bonds is 30. The van der Waals surface area contributed by atoms with Crippen LogP contribution in [0, 0.1) is 0 Å². The highest BCUT2D eigenvalue weighted by Crippen LogP contribution is 2.19. The molecule has 310 valence electrons. The number of nitrogens with one attached hydrogen (secondary N) is 6. The fourth-order valence-electron chi connectivity index (χ4n) is 5.37. The zero-order valence-corrected chi connectivity index (χ0v) is 33.3. The van der Waals surface area contributed by atoms with Crippen LogP contribution < -0.4 is 31.9 Å². The quantitative estimate of drug-likeness (QED) is 0.0409. The van der Waals surface area contributed by atoms with Crippen LogP contribution in [-0.2, 0) is 18.9 Å². The lowest BCUT2D eigenvalue weighted by Crippen LogP contribution is -2.38. The Balaban J connectivity index is 0.845. The molecule has 0 atom stereocenters. The average molecular weight is 795 g/mol. The van der Waals surface area contributed by atoms with E-state index in [-0.39, 0.29) is 11.9 Å². The van der Waals surface area contributed by atoms with E-state index in [4.69, 9.17) is 18.9 Å². The van der Waals surface area contributed by atoms with E-state index in [2.05, 4.69) is 67.2 Å². The highest BCUT2D eigenvalue weighted by atomic mass is 16.5. The highest BCUT2D eigenvalue weighted by Gasteiger charge is 2.08. The van der Waals surface area contributed by atoms with E-state index in [9.17, 15) is 9.59 Å². The molecule has 0 saturated carbocycles. The van der Waals surface area contributed by atoms with Gasteiger partial charge in [0.25, 0.3) is 5.91 Å². The zero-order chi connectivity index (χ0) is 40.9. The van der Waals surface area contributed by atoms with Crippen LogP contribution in [0.4, 0.5) is 4.79 Å². The van der Waals surface area contributed by atoms with E-state index < -0.39 is 0 Å². The number of benzene rings is 2. The molecule has 14 heteroatoms. The van der Waals surface area contributed by atoms with Crippen LogP contribution in [0.25, 0.3) is 28.0 Å². The third-order valence-corrected chi connectivity index (χ3v) is 8.49. The smallest absolute Gasteiger partial charge is 0.314 e. The molecular formula is C44H58N8O6. The summed E-state index contributed by atoms with van der Waals surface area (Å²) in [6.45, 7) is 14.9. The Labute approximate surface area is 342 Å². The van der Waals surface area contributed by atoms with Gasteiger partial charge in [0.05, 0.1) is 70.1 Å². The highest BCUT2D eigenvalue weighted by molar-refractivity contribution is 5.92. The van der Waals surface area contributed by atoms with Crippen molar-refractivity contribution < 1.29 is 28.5 Å². The first-order valence-corrected chi connectivity index (χ1v) is 19.7. The first-order chi connectivity index (χ1) is 28.5. The van der Waals surface area contributed by atoms with Crippen LogP contribution in [0.5, 0.6) is 0 Å². The summed E-state index contributed by atoms with van der Waals surface area (Å²) >= 11 is 0. The number of ether oxygens (including phenoxy) is 4. The van der Waals surface area contributed by atoms with Crippen LogP contribution in [-0.4, -0.2) is 114 Å². The number of amides is 3. The molecule has 0 spiro atoms. The van der Waals surface area contributed by atoms with Gasteiger partial charge in [0.15, 0.2) is 0 Å². The Bertz CT molecular complexity index is 1630. The van der Waals surface area contributed by atoms with Crippen molar-refractivity contribution >= 4 is 17.6 Å². The van der Waals surface area contributed by atoms with E-state index in [0.29, 0.717) is 91.3 Å². The van der Waals surface area contributed by atoms with E-state index in [1.54, 1.807) is 12.3 Å². The Kier molecular flexibility index (Phi) is 21.5. The summed E-state index contributed by atoms with van der Waals surface area (Å²) in [5.41, 5.74) is 6.11. The number of hydrogen-bond donors (Lipinski definition) is 6. The molecule has 3 amide bonds. The summed E-state index contributed by atoms with van der Waals surface area (Å²) in [5.74, 6) is 0.483. The summed E-state index contributed by atoms with van der Waals surface area (Å²) in [5, 5.41) is 18.1. The van der Waals surface area contributed by atoms with Gasteiger partial charge in [-0.15, -0.1) is 0 Å². The van der Waals surface area contributed by atoms with Gasteiger partial charge in [0, 0.05) is 62.8 Å². The molecule has 0 radical (unpaired) electrons. The van der Waals surface area contributed by atoms with Crippen molar-refractivity contribution in [3.05, 3.63) is 128 Å². The lowest BCUT2D eigenvalue weighted by molar-refractivity contribution is 0.0496. The second kappa shape index (κ2) is 27.7. The topological polar surface area (TPSA) is 169 Å². The van der Waals surface area contributed by atoms with Crippen molar-refractivity contribution in [3.8, 4) is 22.3 Å². The molecule has 0 aliphatic carbocycles. The lowest BCUT2D eigenvalue weighted by atomic mass is 10.1. The standard InChI is InChI=1S/C44H58N8O6/c1-35(41-17-15-39(33-51-41)37-11-5-3-6-12-37)45-21-25-55-29-32-58-28-24-50-44(54)49-20-10-9-19-46-36(2)47-22-26-56-30-31-57-27-23-48-43(53)42-18-16-40(34-52-42)38-13-7-4-8-14-38/h3-8,11-18,33-34,45-47H,1-2,9-10,19-32H2,(H,48,53)(H2,49,50,54). The summed E-state index contributed by atoms with van der Waals surface area (Å²) in [7, 11) is 0. The van der Waals surface area contributed by atoms with Crippen LogP contribution in [0.1, 0.15) is 29.0 Å². The number of hydrogen-bond acceptors (Lipinski definition) is 11. The molecule has 0 saturated heterocycles. The molecule has 0 bridgehead atoms. The number of unbranched alkanes of at least 4 members (excludes halogenated alkanes) is 1. The molecule has 0 unspecified atom stereocenters. The van der Waals surface area contributed by atoms with Crippen molar-refractivity contribution in [2.75, 3.05) is 92.1 Å². The maximum Gasteiger partial charge on any atom is 0.314 e. The molecular weight excluding hydrogens is 737 g/mol. The third-order valence-electron chi connectivity index (χ3n) is 8.49. The molecule has 58 heavy (non-hydrogen) atoms. The van der Waals surface area contributed by atoms with Gasteiger partial charge in [-0.25, -0.2) is 4.79 Å². The predicted molar refractivity (Wildman–Crippen MR) is 228 cm³/mol. The third kappa shape index (κ3) is 18.4. The van der Waals surface area contributed by atoms with Gasteiger partial charge >= 0.3 is 6.03 Å². The number of nitrogens with zero attached hydrogens (tertiary/aromatic N) is 2. The molecule has 6 N–H and O–H groups in total. The van der Waals surface area contributed by atoms with E-state index in [1.165, 1.54) is 0 Å². The molecule has 0 aliphatic rings. The normalized spacial score (nSPS) is 10.7. The van der Waals surface area contributed by atoms with E-state index in [0.717, 1.165) is 58.9 Å². The fourth-order valence-corrected chi connectivity index (χ4v) is 5.37. The van der Waals surface area contributed by atoms with Gasteiger partial charge in [0.1, 0.15) is 5.69 Å². The number of aromatic nitrogens is 2.